The van der Waals surface area contributed by atoms with Gasteiger partial charge in [0.15, 0.2) is 0 Å². The van der Waals surface area contributed by atoms with E-state index >= 15 is 0 Å². The zero-order valence-corrected chi connectivity index (χ0v) is 14.1. The molecule has 0 saturated carbocycles. The maximum Gasteiger partial charge on any atom is 0.144 e. The van der Waals surface area contributed by atoms with E-state index < -0.39 is 0 Å². The minimum absolute atomic E-state index is 0.521. The molecule has 1 aromatic heterocycles. The second kappa shape index (κ2) is 7.21. The van der Waals surface area contributed by atoms with Crippen LogP contribution in [-0.4, -0.2) is 34.5 Å². The minimum atomic E-state index is 0.521. The van der Waals surface area contributed by atoms with Crippen molar-refractivity contribution < 1.29 is 0 Å². The summed E-state index contributed by atoms with van der Waals surface area (Å²) in [5.41, 5.74) is 1.57. The molecule has 118 valence electrons. The molecule has 0 radical (unpaired) electrons. The largest absolute Gasteiger partial charge is 0.370 e. The molecule has 0 atom stereocenters. The van der Waals surface area contributed by atoms with Gasteiger partial charge in [-0.3, -0.25) is 4.90 Å². The first-order chi connectivity index (χ1) is 10.1. The Morgan fingerprint density at radius 3 is 2.62 bits per heavy atom. The molecule has 21 heavy (non-hydrogen) atoms. The van der Waals surface area contributed by atoms with E-state index in [1.54, 1.807) is 0 Å². The van der Waals surface area contributed by atoms with Crippen molar-refractivity contribution in [3.8, 4) is 0 Å². The van der Waals surface area contributed by atoms with Crippen molar-refractivity contribution in [3.05, 3.63) is 17.6 Å². The Kier molecular flexibility index (Phi) is 5.57. The summed E-state index contributed by atoms with van der Waals surface area (Å²) in [6.07, 6.45) is 4.97. The molecule has 0 unspecified atom stereocenters. The molecule has 0 aromatic carbocycles. The molecule has 4 heteroatoms. The van der Waals surface area contributed by atoms with Gasteiger partial charge in [0, 0.05) is 24.8 Å². The molecule has 1 aliphatic rings. The molecule has 1 N–H and O–H groups in total. The Balaban J connectivity index is 2.01. The lowest BCUT2D eigenvalue weighted by Gasteiger charge is -2.26. The predicted octanol–water partition coefficient (Wildman–Crippen LogP) is 3.62. The molecule has 4 nitrogen and oxygen atoms in total. The van der Waals surface area contributed by atoms with Crippen molar-refractivity contribution in [2.75, 3.05) is 25.0 Å². The highest BCUT2D eigenvalue weighted by molar-refractivity contribution is 5.35. The Hall–Kier alpha value is -1.16. The van der Waals surface area contributed by atoms with Gasteiger partial charge in [-0.1, -0.05) is 20.8 Å². The van der Waals surface area contributed by atoms with Gasteiger partial charge in [0.25, 0.3) is 0 Å². The monoisotopic (exact) mass is 290 g/mol. The highest BCUT2D eigenvalue weighted by atomic mass is 15.2. The fourth-order valence-electron chi connectivity index (χ4n) is 3.23. The minimum Gasteiger partial charge on any atom is -0.370 e. The second-order valence-electron chi connectivity index (χ2n) is 6.41. The molecule has 1 aliphatic heterocycles. The first-order valence-electron chi connectivity index (χ1n) is 8.41. The van der Waals surface area contributed by atoms with Gasteiger partial charge in [0.2, 0.25) is 0 Å². The van der Waals surface area contributed by atoms with E-state index in [2.05, 4.69) is 47.9 Å². The lowest BCUT2D eigenvalue weighted by Crippen LogP contribution is -2.27. The van der Waals surface area contributed by atoms with Crippen LogP contribution in [-0.2, 0) is 6.54 Å². The van der Waals surface area contributed by atoms with Crippen LogP contribution in [0.5, 0.6) is 0 Å². The van der Waals surface area contributed by atoms with E-state index in [4.69, 9.17) is 0 Å². The van der Waals surface area contributed by atoms with E-state index in [1.807, 2.05) is 6.07 Å². The lowest BCUT2D eigenvalue weighted by molar-refractivity contribution is 0.233. The SMILES string of the molecule is CCCNc1cc(C)nc(CN2CCC(CC)(CC)C2)n1. The molecule has 2 heterocycles. The first kappa shape index (κ1) is 16.2. The molecular weight excluding hydrogens is 260 g/mol. The highest BCUT2D eigenvalue weighted by Gasteiger charge is 2.34. The molecule has 1 saturated heterocycles. The molecule has 2 rings (SSSR count). The van der Waals surface area contributed by atoms with E-state index in [0.29, 0.717) is 5.41 Å². The number of nitrogens with zero attached hydrogens (tertiary/aromatic N) is 3. The topological polar surface area (TPSA) is 41.1 Å². The van der Waals surface area contributed by atoms with Crippen molar-refractivity contribution >= 4 is 5.82 Å². The van der Waals surface area contributed by atoms with E-state index in [0.717, 1.165) is 36.8 Å². The van der Waals surface area contributed by atoms with Crippen LogP contribution in [0.1, 0.15) is 58.0 Å². The van der Waals surface area contributed by atoms with Crippen LogP contribution in [0.15, 0.2) is 6.07 Å². The number of hydrogen-bond acceptors (Lipinski definition) is 4. The number of likely N-dealkylation sites (tertiary alicyclic amines) is 1. The van der Waals surface area contributed by atoms with Crippen molar-refractivity contribution in [1.29, 1.82) is 0 Å². The number of nitrogens with one attached hydrogen (secondary N) is 1. The Morgan fingerprint density at radius 1 is 1.24 bits per heavy atom. The van der Waals surface area contributed by atoms with Gasteiger partial charge in [0.05, 0.1) is 6.54 Å². The van der Waals surface area contributed by atoms with Crippen molar-refractivity contribution in [2.45, 2.75) is 59.9 Å². The smallest absolute Gasteiger partial charge is 0.144 e. The maximum absolute atomic E-state index is 4.67. The lowest BCUT2D eigenvalue weighted by atomic mass is 9.82. The van der Waals surface area contributed by atoms with Gasteiger partial charge in [-0.05, 0) is 44.6 Å². The summed E-state index contributed by atoms with van der Waals surface area (Å²) < 4.78 is 0. The zero-order valence-electron chi connectivity index (χ0n) is 14.1. The summed E-state index contributed by atoms with van der Waals surface area (Å²) in [6, 6.07) is 2.03. The summed E-state index contributed by atoms with van der Waals surface area (Å²) in [6.45, 7) is 13.1. The number of hydrogen-bond donors (Lipinski definition) is 1. The van der Waals surface area contributed by atoms with Crippen molar-refractivity contribution in [3.63, 3.8) is 0 Å². The number of rotatable bonds is 7. The molecular formula is C17H30N4. The van der Waals surface area contributed by atoms with E-state index in [-0.39, 0.29) is 0 Å². The zero-order chi connectivity index (χ0) is 15.3. The molecule has 0 spiro atoms. The normalized spacial score (nSPS) is 18.1. The summed E-state index contributed by atoms with van der Waals surface area (Å²) in [5, 5.41) is 3.37. The van der Waals surface area contributed by atoms with Crippen LogP contribution < -0.4 is 5.32 Å². The van der Waals surface area contributed by atoms with E-state index in [1.165, 1.54) is 32.4 Å². The van der Waals surface area contributed by atoms with Crippen LogP contribution in [0.3, 0.4) is 0 Å². The summed E-state index contributed by atoms with van der Waals surface area (Å²) in [4.78, 5) is 11.8. The van der Waals surface area contributed by atoms with Gasteiger partial charge >= 0.3 is 0 Å². The van der Waals surface area contributed by atoms with Crippen molar-refractivity contribution in [1.82, 2.24) is 14.9 Å². The summed E-state index contributed by atoms with van der Waals surface area (Å²) in [7, 11) is 0. The molecule has 1 aromatic rings. The third kappa shape index (κ3) is 4.16. The van der Waals surface area contributed by atoms with Gasteiger partial charge in [-0.15, -0.1) is 0 Å². The third-order valence-corrected chi connectivity index (χ3v) is 4.84. The predicted molar refractivity (Wildman–Crippen MR) is 88.5 cm³/mol. The van der Waals surface area contributed by atoms with Crippen LogP contribution in [0.4, 0.5) is 5.82 Å². The van der Waals surface area contributed by atoms with Crippen molar-refractivity contribution in [2.24, 2.45) is 5.41 Å². The number of anilines is 1. The molecule has 0 amide bonds. The third-order valence-electron chi connectivity index (χ3n) is 4.84. The second-order valence-corrected chi connectivity index (χ2v) is 6.41. The summed E-state index contributed by atoms with van der Waals surface area (Å²) >= 11 is 0. The molecule has 1 fully saturated rings. The van der Waals surface area contributed by atoms with Gasteiger partial charge in [-0.2, -0.15) is 0 Å². The van der Waals surface area contributed by atoms with Gasteiger partial charge in [-0.25, -0.2) is 9.97 Å². The molecule has 0 bridgehead atoms. The van der Waals surface area contributed by atoms with Crippen LogP contribution in [0.2, 0.25) is 0 Å². The maximum atomic E-state index is 4.67. The Bertz CT molecular complexity index is 454. The average Bonchev–Trinajstić information content (AvgIpc) is 2.88. The first-order valence-corrected chi connectivity index (χ1v) is 8.41. The Labute approximate surface area is 129 Å². The number of aryl methyl sites for hydroxylation is 1. The summed E-state index contributed by atoms with van der Waals surface area (Å²) in [5.74, 6) is 1.92. The molecule has 0 aliphatic carbocycles. The fraction of sp³-hybridized carbons (Fsp3) is 0.765. The Morgan fingerprint density at radius 2 is 2.00 bits per heavy atom. The number of aromatic nitrogens is 2. The van der Waals surface area contributed by atoms with Gasteiger partial charge in [0.1, 0.15) is 11.6 Å². The van der Waals surface area contributed by atoms with Crippen LogP contribution >= 0.6 is 0 Å². The average molecular weight is 290 g/mol. The van der Waals surface area contributed by atoms with Crippen LogP contribution in [0, 0.1) is 12.3 Å². The fourth-order valence-corrected chi connectivity index (χ4v) is 3.23. The van der Waals surface area contributed by atoms with Gasteiger partial charge < -0.3 is 5.32 Å². The van der Waals surface area contributed by atoms with E-state index in [9.17, 15) is 0 Å². The highest BCUT2D eigenvalue weighted by Crippen LogP contribution is 2.37. The quantitative estimate of drug-likeness (QED) is 0.832. The standard InChI is InChI=1S/C17H30N4/c1-5-9-18-15-11-14(4)19-16(20-15)12-21-10-8-17(6-2,7-3)13-21/h11H,5-10,12-13H2,1-4H3,(H,18,19,20). The van der Waals surface area contributed by atoms with Crippen LogP contribution in [0.25, 0.3) is 0 Å².